The van der Waals surface area contributed by atoms with E-state index in [0.717, 1.165) is 12.8 Å². The number of ether oxygens (including phenoxy) is 1. The van der Waals surface area contributed by atoms with Gasteiger partial charge < -0.3 is 25.2 Å². The van der Waals surface area contributed by atoms with E-state index in [2.05, 4.69) is 19.1 Å². The molecule has 0 aromatic heterocycles. The lowest BCUT2D eigenvalue weighted by molar-refractivity contribution is -0.136. The molecule has 0 radical (unpaired) electrons. The summed E-state index contributed by atoms with van der Waals surface area (Å²) in [4.78, 5) is 10.4. The molecule has 1 heterocycles. The van der Waals surface area contributed by atoms with Crippen molar-refractivity contribution in [1.82, 2.24) is 0 Å². The largest absolute Gasteiger partial charge is 0.481 e. The van der Waals surface area contributed by atoms with E-state index in [1.54, 1.807) is 12.2 Å². The van der Waals surface area contributed by atoms with Crippen LogP contribution in [0.1, 0.15) is 51.9 Å². The maximum atomic E-state index is 10.4. The van der Waals surface area contributed by atoms with Crippen LogP contribution in [0.5, 0.6) is 0 Å². The van der Waals surface area contributed by atoms with Crippen molar-refractivity contribution < 1.29 is 30.0 Å². The number of carboxylic acids is 1. The van der Waals surface area contributed by atoms with E-state index in [9.17, 15) is 20.1 Å². The quantitative estimate of drug-likeness (QED) is 0.358. The number of hydrogen-bond donors (Lipinski definition) is 4. The van der Waals surface area contributed by atoms with Crippen LogP contribution in [0.3, 0.4) is 0 Å². The molecule has 4 N–H and O–H groups in total. The fourth-order valence-electron chi connectivity index (χ4n) is 2.87. The van der Waals surface area contributed by atoms with Gasteiger partial charge in [-0.15, -0.1) is 0 Å². The second kappa shape index (κ2) is 14.3. The summed E-state index contributed by atoms with van der Waals surface area (Å²) < 4.78 is 5.76. The van der Waals surface area contributed by atoms with Crippen molar-refractivity contribution in [2.45, 2.75) is 82.4 Å². The van der Waals surface area contributed by atoms with Gasteiger partial charge >= 0.3 is 5.97 Å². The van der Waals surface area contributed by atoms with Crippen LogP contribution >= 0.6 is 0 Å². The van der Waals surface area contributed by atoms with Gasteiger partial charge in [-0.25, -0.2) is 0 Å². The molecule has 1 fully saturated rings. The lowest BCUT2D eigenvalue weighted by atomic mass is 10.0. The van der Waals surface area contributed by atoms with E-state index in [-0.39, 0.29) is 12.5 Å². The monoisotopic (exact) mass is 394 g/mol. The van der Waals surface area contributed by atoms with Crippen molar-refractivity contribution in [2.75, 3.05) is 0 Å². The average molecular weight is 395 g/mol. The van der Waals surface area contributed by atoms with Gasteiger partial charge in [0.15, 0.2) is 0 Å². The molecular formula is C22H34O6. The molecule has 0 aromatic carbocycles. The van der Waals surface area contributed by atoms with Gasteiger partial charge in [-0.2, -0.15) is 0 Å². The Kier molecular flexibility index (Phi) is 12.4. The van der Waals surface area contributed by atoms with Gasteiger partial charge in [-0.05, 0) is 32.1 Å². The van der Waals surface area contributed by atoms with Crippen LogP contribution in [0.4, 0.5) is 0 Å². The van der Waals surface area contributed by atoms with Gasteiger partial charge in [0.05, 0.1) is 30.5 Å². The second-order valence-electron chi connectivity index (χ2n) is 6.92. The van der Waals surface area contributed by atoms with Gasteiger partial charge in [0.25, 0.3) is 0 Å². The number of aliphatic hydroxyl groups is 3. The van der Waals surface area contributed by atoms with Crippen molar-refractivity contribution in [3.63, 3.8) is 0 Å². The first-order valence-electron chi connectivity index (χ1n) is 9.98. The zero-order valence-electron chi connectivity index (χ0n) is 16.6. The third kappa shape index (κ3) is 10.6. The Morgan fingerprint density at radius 3 is 2.57 bits per heavy atom. The van der Waals surface area contributed by atoms with E-state index in [0.29, 0.717) is 25.7 Å². The van der Waals surface area contributed by atoms with Crippen LogP contribution < -0.4 is 0 Å². The van der Waals surface area contributed by atoms with Crippen molar-refractivity contribution in [3.8, 4) is 0 Å². The minimum atomic E-state index is -0.901. The van der Waals surface area contributed by atoms with Gasteiger partial charge in [0.1, 0.15) is 0 Å². The fraction of sp³-hybridized carbons (Fsp3) is 0.591. The Balaban J connectivity index is 2.33. The van der Waals surface area contributed by atoms with E-state index >= 15 is 0 Å². The molecule has 6 nitrogen and oxygen atoms in total. The lowest BCUT2D eigenvalue weighted by Gasteiger charge is -2.16. The van der Waals surface area contributed by atoms with E-state index in [1.807, 2.05) is 12.2 Å². The molecule has 0 saturated carbocycles. The van der Waals surface area contributed by atoms with Gasteiger partial charge in [0, 0.05) is 12.8 Å². The third-order valence-electron chi connectivity index (χ3n) is 4.44. The highest BCUT2D eigenvalue weighted by Crippen LogP contribution is 2.26. The fourth-order valence-corrected chi connectivity index (χ4v) is 2.87. The molecule has 1 saturated heterocycles. The average Bonchev–Trinajstić information content (AvgIpc) is 3.03. The molecule has 1 rings (SSSR count). The second-order valence-corrected chi connectivity index (χ2v) is 6.92. The first-order valence-corrected chi connectivity index (χ1v) is 9.98. The predicted octanol–water partition coefficient (Wildman–Crippen LogP) is 2.90. The van der Waals surface area contributed by atoms with E-state index in [1.165, 1.54) is 12.2 Å². The Morgan fingerprint density at radius 2 is 1.86 bits per heavy atom. The van der Waals surface area contributed by atoms with Crippen molar-refractivity contribution >= 4 is 5.97 Å². The maximum Gasteiger partial charge on any atom is 0.303 e. The molecule has 28 heavy (non-hydrogen) atoms. The summed E-state index contributed by atoms with van der Waals surface area (Å²) in [5.74, 6) is -0.853. The topological polar surface area (TPSA) is 107 Å². The highest BCUT2D eigenvalue weighted by molar-refractivity contribution is 5.66. The van der Waals surface area contributed by atoms with Crippen molar-refractivity contribution in [3.05, 3.63) is 48.6 Å². The molecule has 0 unspecified atom stereocenters. The number of carbonyl (C=O) groups is 1. The van der Waals surface area contributed by atoms with Crippen LogP contribution in [0.25, 0.3) is 0 Å². The Labute approximate surface area is 167 Å². The summed E-state index contributed by atoms with van der Waals surface area (Å²) in [5, 5.41) is 38.8. The smallest absolute Gasteiger partial charge is 0.303 e. The molecule has 0 amide bonds. The van der Waals surface area contributed by atoms with E-state index < -0.39 is 30.4 Å². The minimum Gasteiger partial charge on any atom is -0.481 e. The molecule has 158 valence electrons. The predicted molar refractivity (Wildman–Crippen MR) is 109 cm³/mol. The van der Waals surface area contributed by atoms with Gasteiger partial charge in [-0.3, -0.25) is 4.79 Å². The number of allylic oxidation sites excluding steroid dienone is 4. The molecule has 1 aliphatic rings. The lowest BCUT2D eigenvalue weighted by Crippen LogP contribution is -2.24. The zero-order chi connectivity index (χ0) is 20.8. The van der Waals surface area contributed by atoms with E-state index in [4.69, 9.17) is 9.84 Å². The third-order valence-corrected chi connectivity index (χ3v) is 4.44. The summed E-state index contributed by atoms with van der Waals surface area (Å²) in [6, 6.07) is 0. The Morgan fingerprint density at radius 1 is 1.11 bits per heavy atom. The van der Waals surface area contributed by atoms with Gasteiger partial charge in [-0.1, -0.05) is 55.5 Å². The molecule has 0 bridgehead atoms. The number of rotatable bonds is 13. The summed E-state index contributed by atoms with van der Waals surface area (Å²) in [6.07, 6.45) is 15.2. The summed E-state index contributed by atoms with van der Waals surface area (Å²) in [6.45, 7) is 2.08. The van der Waals surface area contributed by atoms with Crippen LogP contribution in [0.2, 0.25) is 0 Å². The number of hydrogen-bond acceptors (Lipinski definition) is 5. The highest BCUT2D eigenvalue weighted by Gasteiger charge is 2.36. The summed E-state index contributed by atoms with van der Waals surface area (Å²) in [7, 11) is 0. The normalized spacial score (nSPS) is 25.5. The number of aliphatic hydroxyl groups excluding tert-OH is 3. The van der Waals surface area contributed by atoms with Crippen molar-refractivity contribution in [1.29, 1.82) is 0 Å². The first-order chi connectivity index (χ1) is 13.4. The SMILES string of the molecule is CC/C=C\C/C=C\C[C@H]1O[C@@H]([C@@H](O)/C=C/[C@@H](O)C/C=C\CCC(=O)O)C[C@H]1O. The van der Waals surface area contributed by atoms with Crippen LogP contribution in [0, 0.1) is 0 Å². The molecule has 0 aliphatic carbocycles. The minimum absolute atomic E-state index is 0.0638. The zero-order valence-corrected chi connectivity index (χ0v) is 16.6. The maximum absolute atomic E-state index is 10.4. The number of carboxylic acid groups (broad SMARTS) is 1. The summed E-state index contributed by atoms with van der Waals surface area (Å²) >= 11 is 0. The molecular weight excluding hydrogens is 360 g/mol. The van der Waals surface area contributed by atoms with Crippen LogP contribution in [0.15, 0.2) is 48.6 Å². The highest BCUT2D eigenvalue weighted by atomic mass is 16.5. The van der Waals surface area contributed by atoms with Crippen molar-refractivity contribution in [2.24, 2.45) is 0 Å². The Hall–Kier alpha value is -1.73. The first kappa shape index (κ1) is 24.3. The summed E-state index contributed by atoms with van der Waals surface area (Å²) in [5.41, 5.74) is 0. The Bertz CT molecular complexity index is 551. The van der Waals surface area contributed by atoms with Crippen LogP contribution in [-0.4, -0.2) is 56.9 Å². The molecule has 5 atom stereocenters. The number of aliphatic carboxylic acids is 1. The molecule has 6 heteroatoms. The molecule has 0 aromatic rings. The van der Waals surface area contributed by atoms with Gasteiger partial charge in [0.2, 0.25) is 0 Å². The van der Waals surface area contributed by atoms with Crippen LogP contribution in [-0.2, 0) is 9.53 Å². The molecule has 0 spiro atoms. The standard InChI is InChI=1S/C22H34O6/c1-2-3-4-5-6-9-12-20-19(25)16-21(28-20)18(24)15-14-17(23)11-8-7-10-13-22(26)27/h3-4,6-9,14-15,17-21,23-25H,2,5,10-13,16H2,1H3,(H,26,27)/b4-3-,8-7-,9-6-,15-14+/t17-,18-,19+,20+,21+/m0/s1. The molecule has 1 aliphatic heterocycles.